The summed E-state index contributed by atoms with van der Waals surface area (Å²) in [5.41, 5.74) is 2.47. The van der Waals surface area contributed by atoms with E-state index in [1.807, 2.05) is 11.0 Å². The lowest BCUT2D eigenvalue weighted by Crippen LogP contribution is -2.41. The molecule has 16 heavy (non-hydrogen) atoms. The third-order valence-electron chi connectivity index (χ3n) is 2.92. The summed E-state index contributed by atoms with van der Waals surface area (Å²) in [6.45, 7) is 3.70. The number of alkyl halides is 1. The van der Waals surface area contributed by atoms with Crippen LogP contribution < -0.4 is 0 Å². The number of nitrogens with zero attached hydrogens (tertiary/aromatic N) is 1. The number of carbonyl (C=O) groups excluding carboxylic acids is 1. The van der Waals surface area contributed by atoms with E-state index in [1.165, 1.54) is 11.1 Å². The molecule has 3 heteroatoms. The Labute approximate surface area is 105 Å². The van der Waals surface area contributed by atoms with Crippen molar-refractivity contribution in [2.45, 2.75) is 31.1 Å². The summed E-state index contributed by atoms with van der Waals surface area (Å²) in [7, 11) is 0. The van der Waals surface area contributed by atoms with Crippen LogP contribution in [0.5, 0.6) is 0 Å². The predicted molar refractivity (Wildman–Crippen MR) is 68.5 cm³/mol. The Morgan fingerprint density at radius 1 is 1.50 bits per heavy atom. The Morgan fingerprint density at radius 3 is 3.06 bits per heavy atom. The highest BCUT2D eigenvalue weighted by Crippen LogP contribution is 2.20. The van der Waals surface area contributed by atoms with Gasteiger partial charge in [-0.15, -0.1) is 0 Å². The van der Waals surface area contributed by atoms with Crippen LogP contribution in [0.15, 0.2) is 24.3 Å². The van der Waals surface area contributed by atoms with Gasteiger partial charge < -0.3 is 4.90 Å². The maximum Gasteiger partial charge on any atom is 0.236 e. The molecule has 1 atom stereocenters. The fourth-order valence-corrected chi connectivity index (χ4v) is 2.69. The van der Waals surface area contributed by atoms with Gasteiger partial charge in [-0.1, -0.05) is 45.8 Å². The van der Waals surface area contributed by atoms with Gasteiger partial charge in [-0.25, -0.2) is 0 Å². The van der Waals surface area contributed by atoms with Crippen molar-refractivity contribution in [2.24, 2.45) is 0 Å². The van der Waals surface area contributed by atoms with E-state index >= 15 is 0 Å². The summed E-state index contributed by atoms with van der Waals surface area (Å²) in [6.07, 6.45) is 2.05. The van der Waals surface area contributed by atoms with Gasteiger partial charge in [0.05, 0.1) is 4.83 Å². The van der Waals surface area contributed by atoms with E-state index in [4.69, 9.17) is 0 Å². The second kappa shape index (κ2) is 5.00. The van der Waals surface area contributed by atoms with E-state index in [0.717, 1.165) is 25.9 Å². The number of likely N-dealkylation sites (tertiary alicyclic amines) is 1. The second-order valence-corrected chi connectivity index (χ2v) is 5.46. The van der Waals surface area contributed by atoms with Crippen molar-refractivity contribution in [3.05, 3.63) is 35.4 Å². The summed E-state index contributed by atoms with van der Waals surface area (Å²) < 4.78 is 0. The van der Waals surface area contributed by atoms with Crippen LogP contribution in [-0.4, -0.2) is 22.2 Å². The molecule has 0 radical (unpaired) electrons. The van der Waals surface area contributed by atoms with Crippen molar-refractivity contribution < 1.29 is 4.79 Å². The standard InChI is InChI=1S/C13H16BrNO/c1-10-4-2-5-11(8-10)9-15-7-3-6-12(14)13(15)16/h2,4-5,8,12H,3,6-7,9H2,1H3. The molecule has 2 nitrogen and oxygen atoms in total. The van der Waals surface area contributed by atoms with Gasteiger partial charge in [-0.05, 0) is 25.3 Å². The molecular formula is C13H16BrNO. The Hall–Kier alpha value is -0.830. The minimum Gasteiger partial charge on any atom is -0.337 e. The van der Waals surface area contributed by atoms with Crippen LogP contribution in [0.3, 0.4) is 0 Å². The minimum atomic E-state index is 0.0195. The molecule has 0 spiro atoms. The van der Waals surface area contributed by atoms with Crippen molar-refractivity contribution in [1.29, 1.82) is 0 Å². The Morgan fingerprint density at radius 2 is 2.31 bits per heavy atom. The average molecular weight is 282 g/mol. The van der Waals surface area contributed by atoms with Crippen LogP contribution in [0.1, 0.15) is 24.0 Å². The highest BCUT2D eigenvalue weighted by atomic mass is 79.9. The van der Waals surface area contributed by atoms with E-state index < -0.39 is 0 Å². The topological polar surface area (TPSA) is 20.3 Å². The molecule has 0 aromatic heterocycles. The third kappa shape index (κ3) is 2.64. The van der Waals surface area contributed by atoms with Gasteiger partial charge in [-0.2, -0.15) is 0 Å². The fraction of sp³-hybridized carbons (Fsp3) is 0.462. The molecule has 0 aliphatic carbocycles. The largest absolute Gasteiger partial charge is 0.337 e. The van der Waals surface area contributed by atoms with E-state index in [9.17, 15) is 4.79 Å². The average Bonchev–Trinajstić information content (AvgIpc) is 2.25. The highest BCUT2D eigenvalue weighted by Gasteiger charge is 2.26. The van der Waals surface area contributed by atoms with Crippen molar-refractivity contribution in [1.82, 2.24) is 4.90 Å². The lowest BCUT2D eigenvalue weighted by molar-refractivity contribution is -0.133. The van der Waals surface area contributed by atoms with Crippen LogP contribution in [0.25, 0.3) is 0 Å². The summed E-state index contributed by atoms with van der Waals surface area (Å²) in [4.78, 5) is 13.9. The van der Waals surface area contributed by atoms with Gasteiger partial charge in [-0.3, -0.25) is 4.79 Å². The molecular weight excluding hydrogens is 266 g/mol. The van der Waals surface area contributed by atoms with Gasteiger partial charge in [0.15, 0.2) is 0 Å². The smallest absolute Gasteiger partial charge is 0.236 e. The first kappa shape index (κ1) is 11.6. The van der Waals surface area contributed by atoms with Gasteiger partial charge in [0.1, 0.15) is 0 Å². The van der Waals surface area contributed by atoms with Crippen LogP contribution >= 0.6 is 15.9 Å². The maximum absolute atomic E-state index is 11.9. The van der Waals surface area contributed by atoms with Crippen molar-refractivity contribution in [3.8, 4) is 0 Å². The van der Waals surface area contributed by atoms with Crippen molar-refractivity contribution in [2.75, 3.05) is 6.54 Å². The van der Waals surface area contributed by atoms with Crippen LogP contribution in [-0.2, 0) is 11.3 Å². The molecule has 1 saturated heterocycles. The number of amides is 1. The zero-order valence-electron chi connectivity index (χ0n) is 9.45. The minimum absolute atomic E-state index is 0.0195. The number of halogens is 1. The van der Waals surface area contributed by atoms with Crippen LogP contribution in [0.2, 0.25) is 0 Å². The Bertz CT molecular complexity index is 391. The molecule has 86 valence electrons. The number of hydrogen-bond donors (Lipinski definition) is 0. The van der Waals surface area contributed by atoms with Crippen LogP contribution in [0.4, 0.5) is 0 Å². The number of piperidine rings is 1. The first-order valence-electron chi connectivity index (χ1n) is 5.65. The molecule has 0 saturated carbocycles. The van der Waals surface area contributed by atoms with Gasteiger partial charge >= 0.3 is 0 Å². The number of benzene rings is 1. The monoisotopic (exact) mass is 281 g/mol. The maximum atomic E-state index is 11.9. The number of hydrogen-bond acceptors (Lipinski definition) is 1. The third-order valence-corrected chi connectivity index (χ3v) is 3.77. The van der Waals surface area contributed by atoms with E-state index in [1.54, 1.807) is 0 Å². The molecule has 1 amide bonds. The van der Waals surface area contributed by atoms with Gasteiger partial charge in [0.2, 0.25) is 5.91 Å². The predicted octanol–water partition coefficient (Wildman–Crippen LogP) is 2.88. The molecule has 1 aromatic rings. The van der Waals surface area contributed by atoms with E-state index in [2.05, 4.69) is 41.1 Å². The molecule has 1 aliphatic rings. The first-order valence-corrected chi connectivity index (χ1v) is 6.57. The summed E-state index contributed by atoms with van der Waals surface area (Å²) in [5, 5.41) is 0. The summed E-state index contributed by atoms with van der Waals surface area (Å²) >= 11 is 3.43. The fourth-order valence-electron chi connectivity index (χ4n) is 2.08. The van der Waals surface area contributed by atoms with Crippen molar-refractivity contribution in [3.63, 3.8) is 0 Å². The van der Waals surface area contributed by atoms with Crippen molar-refractivity contribution >= 4 is 21.8 Å². The molecule has 1 unspecified atom stereocenters. The van der Waals surface area contributed by atoms with Gasteiger partial charge in [0, 0.05) is 13.1 Å². The summed E-state index contributed by atoms with van der Waals surface area (Å²) in [5.74, 6) is 0.229. The van der Waals surface area contributed by atoms with Gasteiger partial charge in [0.25, 0.3) is 0 Å². The highest BCUT2D eigenvalue weighted by molar-refractivity contribution is 9.10. The Kier molecular flexibility index (Phi) is 3.64. The summed E-state index contributed by atoms with van der Waals surface area (Å²) in [6, 6.07) is 8.35. The first-order chi connectivity index (χ1) is 7.66. The van der Waals surface area contributed by atoms with E-state index in [-0.39, 0.29) is 10.7 Å². The Balaban J connectivity index is 2.06. The zero-order valence-corrected chi connectivity index (χ0v) is 11.0. The number of rotatable bonds is 2. The van der Waals surface area contributed by atoms with Crippen LogP contribution in [0, 0.1) is 6.92 Å². The molecule has 0 N–H and O–H groups in total. The zero-order chi connectivity index (χ0) is 11.5. The lowest BCUT2D eigenvalue weighted by atomic mass is 10.1. The lowest BCUT2D eigenvalue weighted by Gasteiger charge is -2.29. The normalized spacial score (nSPS) is 21.2. The number of carbonyl (C=O) groups is 1. The molecule has 1 heterocycles. The SMILES string of the molecule is Cc1cccc(CN2CCCC(Br)C2=O)c1. The molecule has 2 rings (SSSR count). The molecule has 1 aromatic carbocycles. The second-order valence-electron chi connectivity index (χ2n) is 4.36. The number of aryl methyl sites for hydroxylation is 1. The quantitative estimate of drug-likeness (QED) is 0.764. The molecule has 0 bridgehead atoms. The van der Waals surface area contributed by atoms with E-state index in [0.29, 0.717) is 0 Å². The molecule has 1 aliphatic heterocycles. The molecule has 1 fully saturated rings.